The Morgan fingerprint density at radius 2 is 1.90 bits per heavy atom. The summed E-state index contributed by atoms with van der Waals surface area (Å²) in [6, 6.07) is 9.33. The molecule has 3 N–H and O–H groups in total. The fraction of sp³-hybridized carbons (Fsp3) is 0.0714. The first kappa shape index (κ1) is 15.1. The summed E-state index contributed by atoms with van der Waals surface area (Å²) in [6.07, 6.45) is 0. The second-order valence-electron chi connectivity index (χ2n) is 4.49. The molecule has 0 aliphatic rings. The van der Waals surface area contributed by atoms with Crippen molar-refractivity contribution in [3.05, 3.63) is 59.4 Å². The molecule has 0 aliphatic carbocycles. The average Bonchev–Trinajstić information content (AvgIpc) is 2.40. The van der Waals surface area contributed by atoms with Gasteiger partial charge in [0.05, 0.1) is 4.90 Å². The van der Waals surface area contributed by atoms with Gasteiger partial charge >= 0.3 is 0 Å². The van der Waals surface area contributed by atoms with E-state index in [0.29, 0.717) is 11.3 Å². The second kappa shape index (κ2) is 5.63. The zero-order valence-corrected chi connectivity index (χ0v) is 11.9. The molecule has 2 aromatic rings. The van der Waals surface area contributed by atoms with Crippen molar-refractivity contribution >= 4 is 21.6 Å². The lowest BCUT2D eigenvalue weighted by atomic mass is 10.1. The van der Waals surface area contributed by atoms with E-state index in [1.807, 2.05) is 0 Å². The van der Waals surface area contributed by atoms with Crippen LogP contribution in [0.25, 0.3) is 0 Å². The van der Waals surface area contributed by atoms with Crippen LogP contribution in [0.1, 0.15) is 15.9 Å². The Morgan fingerprint density at radius 3 is 2.52 bits per heavy atom. The molecule has 2 rings (SSSR count). The van der Waals surface area contributed by atoms with Crippen LogP contribution in [0, 0.1) is 12.7 Å². The van der Waals surface area contributed by atoms with Crippen LogP contribution in [0.15, 0.2) is 47.4 Å². The smallest absolute Gasteiger partial charge is 0.255 e. The van der Waals surface area contributed by atoms with Gasteiger partial charge in [0, 0.05) is 11.3 Å². The van der Waals surface area contributed by atoms with Crippen LogP contribution in [-0.4, -0.2) is 14.3 Å². The number of nitrogens with one attached hydrogen (secondary N) is 1. The highest BCUT2D eigenvalue weighted by atomic mass is 32.2. The maximum atomic E-state index is 13.1. The van der Waals surface area contributed by atoms with E-state index in [0.717, 1.165) is 6.07 Å². The molecule has 5 nitrogen and oxygen atoms in total. The van der Waals surface area contributed by atoms with Crippen LogP contribution >= 0.6 is 0 Å². The predicted molar refractivity (Wildman–Crippen MR) is 76.9 cm³/mol. The molecule has 0 saturated heterocycles. The number of halogens is 1. The Morgan fingerprint density at radius 1 is 1.19 bits per heavy atom. The van der Waals surface area contributed by atoms with Crippen molar-refractivity contribution in [2.24, 2.45) is 5.14 Å². The number of carbonyl (C=O) groups excluding carboxylic acids is 1. The standard InChI is InChI=1S/C14H13FN2O3S/c1-9-5-6-12(21(16,19)20)8-13(9)17-14(18)10-3-2-4-11(15)7-10/h2-8H,1H3,(H,17,18)(H2,16,19,20). The molecule has 110 valence electrons. The molecule has 7 heteroatoms. The molecular weight excluding hydrogens is 295 g/mol. The van der Waals surface area contributed by atoms with Gasteiger partial charge in [-0.05, 0) is 42.8 Å². The molecular formula is C14H13FN2O3S. The summed E-state index contributed by atoms with van der Waals surface area (Å²) in [5.41, 5.74) is 1.10. The van der Waals surface area contributed by atoms with Gasteiger partial charge in [-0.1, -0.05) is 12.1 Å². The van der Waals surface area contributed by atoms with Gasteiger partial charge in [0.25, 0.3) is 5.91 Å². The summed E-state index contributed by atoms with van der Waals surface area (Å²) >= 11 is 0. The highest BCUT2D eigenvalue weighted by molar-refractivity contribution is 7.89. The normalized spacial score (nSPS) is 11.2. The molecule has 1 amide bonds. The number of carbonyl (C=O) groups is 1. The third-order valence-corrected chi connectivity index (χ3v) is 3.78. The molecule has 21 heavy (non-hydrogen) atoms. The van der Waals surface area contributed by atoms with Gasteiger partial charge in [-0.2, -0.15) is 0 Å². The van der Waals surface area contributed by atoms with Crippen molar-refractivity contribution in [1.82, 2.24) is 0 Å². The third-order valence-electron chi connectivity index (χ3n) is 2.87. The van der Waals surface area contributed by atoms with Crippen molar-refractivity contribution in [2.45, 2.75) is 11.8 Å². The number of hydrogen-bond donors (Lipinski definition) is 2. The molecule has 2 aromatic carbocycles. The first-order valence-corrected chi connectivity index (χ1v) is 7.52. The van der Waals surface area contributed by atoms with Crippen molar-refractivity contribution in [3.63, 3.8) is 0 Å². The summed E-state index contributed by atoms with van der Waals surface area (Å²) in [5.74, 6) is -1.07. The van der Waals surface area contributed by atoms with Gasteiger partial charge < -0.3 is 5.32 Å². The van der Waals surface area contributed by atoms with E-state index < -0.39 is 21.7 Å². The van der Waals surface area contributed by atoms with Crippen molar-refractivity contribution in [3.8, 4) is 0 Å². The number of hydrogen-bond acceptors (Lipinski definition) is 3. The number of aryl methyl sites for hydroxylation is 1. The van der Waals surface area contributed by atoms with Gasteiger partial charge in [-0.3, -0.25) is 4.79 Å². The number of benzene rings is 2. The molecule has 0 atom stereocenters. The lowest BCUT2D eigenvalue weighted by Crippen LogP contribution is -2.15. The lowest BCUT2D eigenvalue weighted by Gasteiger charge is -2.10. The molecule has 0 heterocycles. The zero-order valence-electron chi connectivity index (χ0n) is 11.1. The highest BCUT2D eigenvalue weighted by Crippen LogP contribution is 2.20. The van der Waals surface area contributed by atoms with Crippen LogP contribution < -0.4 is 10.5 Å². The topological polar surface area (TPSA) is 89.3 Å². The van der Waals surface area contributed by atoms with Gasteiger partial charge in [-0.15, -0.1) is 0 Å². The van der Waals surface area contributed by atoms with Crippen molar-refractivity contribution in [1.29, 1.82) is 0 Å². The third kappa shape index (κ3) is 3.65. The Kier molecular flexibility index (Phi) is 4.06. The van der Waals surface area contributed by atoms with Gasteiger partial charge in [-0.25, -0.2) is 17.9 Å². The summed E-state index contributed by atoms with van der Waals surface area (Å²) < 4.78 is 35.7. The number of amides is 1. The fourth-order valence-corrected chi connectivity index (χ4v) is 2.28. The number of rotatable bonds is 3. The van der Waals surface area contributed by atoms with Gasteiger partial charge in [0.1, 0.15) is 5.82 Å². The van der Waals surface area contributed by atoms with Crippen LogP contribution in [0.5, 0.6) is 0 Å². The minimum Gasteiger partial charge on any atom is -0.322 e. The SMILES string of the molecule is Cc1ccc(S(N)(=O)=O)cc1NC(=O)c1cccc(F)c1. The van der Waals surface area contributed by atoms with Crippen LogP contribution in [-0.2, 0) is 10.0 Å². The molecule has 0 aliphatic heterocycles. The maximum Gasteiger partial charge on any atom is 0.255 e. The maximum absolute atomic E-state index is 13.1. The van der Waals surface area contributed by atoms with E-state index in [4.69, 9.17) is 5.14 Å². The van der Waals surface area contributed by atoms with E-state index in [1.165, 1.54) is 36.4 Å². The highest BCUT2D eigenvalue weighted by Gasteiger charge is 2.13. The molecule has 0 radical (unpaired) electrons. The predicted octanol–water partition coefficient (Wildman–Crippen LogP) is 2.03. The average molecular weight is 308 g/mol. The Balaban J connectivity index is 2.33. The molecule has 0 saturated carbocycles. The van der Waals surface area contributed by atoms with Crippen LogP contribution in [0.3, 0.4) is 0 Å². The first-order valence-electron chi connectivity index (χ1n) is 5.98. The summed E-state index contributed by atoms with van der Waals surface area (Å²) in [4.78, 5) is 11.9. The van der Waals surface area contributed by atoms with E-state index in [1.54, 1.807) is 6.92 Å². The molecule has 0 aromatic heterocycles. The number of anilines is 1. The summed E-state index contributed by atoms with van der Waals surface area (Å²) in [5, 5.41) is 7.59. The quantitative estimate of drug-likeness (QED) is 0.909. The van der Waals surface area contributed by atoms with E-state index in [2.05, 4.69) is 5.32 Å². The number of sulfonamides is 1. The summed E-state index contributed by atoms with van der Waals surface area (Å²) in [6.45, 7) is 1.70. The molecule has 0 fully saturated rings. The van der Waals surface area contributed by atoms with Gasteiger partial charge in [0.15, 0.2) is 0 Å². The fourth-order valence-electron chi connectivity index (χ4n) is 1.74. The van der Waals surface area contributed by atoms with Gasteiger partial charge in [0.2, 0.25) is 10.0 Å². The van der Waals surface area contributed by atoms with Crippen LogP contribution in [0.4, 0.5) is 10.1 Å². The minimum absolute atomic E-state index is 0.109. The summed E-state index contributed by atoms with van der Waals surface area (Å²) in [7, 11) is -3.86. The van der Waals surface area contributed by atoms with Crippen molar-refractivity contribution in [2.75, 3.05) is 5.32 Å². The lowest BCUT2D eigenvalue weighted by molar-refractivity contribution is 0.102. The molecule has 0 unspecified atom stereocenters. The second-order valence-corrected chi connectivity index (χ2v) is 6.05. The zero-order chi connectivity index (χ0) is 15.6. The Labute approximate surface area is 121 Å². The monoisotopic (exact) mass is 308 g/mol. The molecule has 0 spiro atoms. The Bertz CT molecular complexity index is 804. The molecule has 0 bridgehead atoms. The van der Waals surface area contributed by atoms with Crippen LogP contribution in [0.2, 0.25) is 0 Å². The first-order chi connectivity index (χ1) is 9.77. The van der Waals surface area contributed by atoms with E-state index in [9.17, 15) is 17.6 Å². The number of nitrogens with two attached hydrogens (primary N) is 1. The Hall–Kier alpha value is -2.25. The van der Waals surface area contributed by atoms with E-state index in [-0.39, 0.29) is 10.5 Å². The van der Waals surface area contributed by atoms with Crippen molar-refractivity contribution < 1.29 is 17.6 Å². The largest absolute Gasteiger partial charge is 0.322 e. The van der Waals surface area contributed by atoms with E-state index >= 15 is 0 Å². The minimum atomic E-state index is -3.86. The number of primary sulfonamides is 1.